The smallest absolute Gasteiger partial charge is 0.336 e. The molecule has 0 spiro atoms. The predicted molar refractivity (Wildman–Crippen MR) is 173 cm³/mol. The summed E-state index contributed by atoms with van der Waals surface area (Å²) >= 11 is 0. The number of imidazole rings is 1. The average Bonchev–Trinajstić information content (AvgIpc) is 3.54. The van der Waals surface area contributed by atoms with Crippen LogP contribution in [0.2, 0.25) is 0 Å². The Hall–Kier alpha value is -6.82. The van der Waals surface area contributed by atoms with Crippen molar-refractivity contribution in [2.24, 2.45) is 11.5 Å². The molecule has 1 aromatic rings. The zero-order valence-corrected chi connectivity index (χ0v) is 28.8. The third-order valence-corrected chi connectivity index (χ3v) is 4.93. The lowest BCUT2D eigenvalue weighted by molar-refractivity contribution is -0.170. The molecule has 0 amide bonds. The molecule has 0 aromatic carbocycles. The molecule has 0 fully saturated rings. The zero-order valence-electron chi connectivity index (χ0n) is 28.8. The van der Waals surface area contributed by atoms with Crippen LogP contribution in [-0.2, 0) is 59.2 Å². The maximum atomic E-state index is 10.3. The normalized spacial score (nSPS) is 11.8. The van der Waals surface area contributed by atoms with Crippen LogP contribution < -0.4 is 11.5 Å². The minimum atomic E-state index is -2.74. The molecule has 29 nitrogen and oxygen atoms in total. The molecule has 0 saturated heterocycles. The van der Waals surface area contributed by atoms with Crippen molar-refractivity contribution in [1.29, 1.82) is 0 Å². The zero-order chi connectivity index (χ0) is 45.5. The van der Waals surface area contributed by atoms with Crippen molar-refractivity contribution in [1.82, 2.24) is 9.97 Å². The second-order valence-electron chi connectivity index (χ2n) is 9.94. The number of rotatable bonds is 18. The Kier molecular flexibility index (Phi) is 33.1. The topological polar surface area (TPSA) is 552 Å². The van der Waals surface area contributed by atoms with E-state index in [4.69, 9.17) is 87.8 Å². The van der Waals surface area contributed by atoms with Crippen LogP contribution in [0.25, 0.3) is 0 Å². The molecule has 19 N–H and O–H groups in total. The SMILES string of the molecule is CC(=O)O.N[C@@H](CCC(=O)O)C(=O)O.N[C@@H](Cc1c[nH]cn1)C(=O)O.O=C(O)C(O)C(O)C(=O)O.O=C(O)CC(O)(CC(=O)O)C(=O)O.O=C(O)CCC(=O)O. The first-order valence-corrected chi connectivity index (χ1v) is 14.3. The first-order chi connectivity index (χ1) is 25.3. The van der Waals surface area contributed by atoms with Gasteiger partial charge in [0.2, 0.25) is 0 Å². The Bertz CT molecular complexity index is 1390. The molecule has 1 aromatic heterocycles. The molecule has 4 atom stereocenters. The highest BCUT2D eigenvalue weighted by atomic mass is 16.4. The third-order valence-electron chi connectivity index (χ3n) is 4.93. The maximum Gasteiger partial charge on any atom is 0.336 e. The van der Waals surface area contributed by atoms with E-state index in [0.717, 1.165) is 6.92 Å². The van der Waals surface area contributed by atoms with E-state index in [2.05, 4.69) is 9.97 Å². The van der Waals surface area contributed by atoms with Crippen LogP contribution in [0.3, 0.4) is 0 Å². The molecule has 1 heterocycles. The van der Waals surface area contributed by atoms with Crippen molar-refractivity contribution in [3.63, 3.8) is 0 Å². The lowest BCUT2D eigenvalue weighted by Gasteiger charge is -2.18. The van der Waals surface area contributed by atoms with Crippen molar-refractivity contribution in [2.45, 2.75) is 81.8 Å². The second kappa shape index (κ2) is 31.7. The summed E-state index contributed by atoms with van der Waals surface area (Å²) in [5, 5.41) is 114. The number of H-pyrrole nitrogens is 1. The van der Waals surface area contributed by atoms with Crippen molar-refractivity contribution in [2.75, 3.05) is 0 Å². The average molecular weight is 823 g/mol. The molecule has 0 radical (unpaired) electrons. The molecular formula is C27H42N4O25. The summed E-state index contributed by atoms with van der Waals surface area (Å²) in [7, 11) is 0. The number of carboxylic acid groups (broad SMARTS) is 11. The number of hydrogen-bond acceptors (Lipinski definition) is 17. The molecule has 29 heteroatoms. The molecule has 2 unspecified atom stereocenters. The number of nitrogens with one attached hydrogen (secondary N) is 1. The fraction of sp³-hybridized carbons (Fsp3) is 0.481. The quantitative estimate of drug-likeness (QED) is 0.0661. The molecule has 320 valence electrons. The van der Waals surface area contributed by atoms with Gasteiger partial charge >= 0.3 is 59.7 Å². The van der Waals surface area contributed by atoms with Gasteiger partial charge in [-0.15, -0.1) is 0 Å². The van der Waals surface area contributed by atoms with Crippen LogP contribution >= 0.6 is 0 Å². The Balaban J connectivity index is -0.000000190. The Morgan fingerprint density at radius 3 is 1.16 bits per heavy atom. The second-order valence-corrected chi connectivity index (χ2v) is 9.94. The van der Waals surface area contributed by atoms with E-state index in [9.17, 15) is 47.9 Å². The minimum Gasteiger partial charge on any atom is -0.481 e. The van der Waals surface area contributed by atoms with Crippen LogP contribution in [-0.4, -0.2) is 177 Å². The molecule has 1 rings (SSSR count). The first kappa shape index (κ1) is 58.5. The highest BCUT2D eigenvalue weighted by molar-refractivity contribution is 5.88. The van der Waals surface area contributed by atoms with Gasteiger partial charge < -0.3 is 87.9 Å². The van der Waals surface area contributed by atoms with Gasteiger partial charge in [0, 0.05) is 26.0 Å². The summed E-state index contributed by atoms with van der Waals surface area (Å²) in [6, 6.07) is -1.92. The summed E-state index contributed by atoms with van der Waals surface area (Å²) in [6.45, 7) is 1.08. The number of nitrogens with two attached hydrogens (primary N) is 2. The highest BCUT2D eigenvalue weighted by Crippen LogP contribution is 2.15. The van der Waals surface area contributed by atoms with E-state index in [0.29, 0.717) is 5.69 Å². The fourth-order valence-corrected chi connectivity index (χ4v) is 2.32. The maximum absolute atomic E-state index is 10.3. The third kappa shape index (κ3) is 40.0. The summed E-state index contributed by atoms with van der Waals surface area (Å²) in [4.78, 5) is 115. The number of aliphatic hydroxyl groups is 3. The molecule has 0 bridgehead atoms. The number of aliphatic carboxylic acids is 11. The number of aromatic amines is 1. The summed E-state index contributed by atoms with van der Waals surface area (Å²) in [5.74, 6) is -14.7. The molecule has 56 heavy (non-hydrogen) atoms. The van der Waals surface area contributed by atoms with Gasteiger partial charge in [0.05, 0.1) is 37.7 Å². The first-order valence-electron chi connectivity index (χ1n) is 14.3. The number of carboxylic acids is 11. The summed E-state index contributed by atoms with van der Waals surface area (Å²) < 4.78 is 0. The van der Waals surface area contributed by atoms with Gasteiger partial charge in [-0.25, -0.2) is 19.4 Å². The van der Waals surface area contributed by atoms with Crippen molar-refractivity contribution in [3.05, 3.63) is 18.2 Å². The van der Waals surface area contributed by atoms with Gasteiger partial charge in [0.1, 0.15) is 12.1 Å². The van der Waals surface area contributed by atoms with Gasteiger partial charge in [-0.3, -0.25) is 38.4 Å². The molecule has 0 aliphatic rings. The van der Waals surface area contributed by atoms with Crippen LogP contribution in [0.15, 0.2) is 12.5 Å². The van der Waals surface area contributed by atoms with Crippen molar-refractivity contribution < 1.29 is 124 Å². The van der Waals surface area contributed by atoms with Crippen LogP contribution in [0.5, 0.6) is 0 Å². The minimum absolute atomic E-state index is 0.0231. The van der Waals surface area contributed by atoms with Gasteiger partial charge in [0.15, 0.2) is 17.8 Å². The van der Waals surface area contributed by atoms with Crippen LogP contribution in [0, 0.1) is 0 Å². The van der Waals surface area contributed by atoms with Crippen LogP contribution in [0.1, 0.15) is 51.1 Å². The fourth-order valence-electron chi connectivity index (χ4n) is 2.32. The van der Waals surface area contributed by atoms with E-state index in [-0.39, 0.29) is 32.1 Å². The van der Waals surface area contributed by atoms with E-state index in [1.165, 1.54) is 6.33 Å². The van der Waals surface area contributed by atoms with Gasteiger partial charge in [0.25, 0.3) is 5.97 Å². The molecular weight excluding hydrogens is 780 g/mol. The predicted octanol–water partition coefficient (Wildman–Crippen LogP) is -4.72. The van der Waals surface area contributed by atoms with E-state index < -0.39 is 108 Å². The number of hydrogen-bond donors (Lipinski definition) is 17. The number of carbonyl (C=O) groups is 11. The van der Waals surface area contributed by atoms with Gasteiger partial charge in [-0.05, 0) is 6.42 Å². The largest absolute Gasteiger partial charge is 0.481 e. The van der Waals surface area contributed by atoms with E-state index in [1.807, 2.05) is 0 Å². The Labute approximate surface area is 311 Å². The van der Waals surface area contributed by atoms with E-state index >= 15 is 0 Å². The lowest BCUT2D eigenvalue weighted by Crippen LogP contribution is -2.42. The molecule has 0 aliphatic carbocycles. The molecule has 0 aliphatic heterocycles. The lowest BCUT2D eigenvalue weighted by atomic mass is 9.96. The number of aromatic nitrogens is 2. The van der Waals surface area contributed by atoms with Gasteiger partial charge in [-0.2, -0.15) is 0 Å². The Morgan fingerprint density at radius 1 is 0.607 bits per heavy atom. The van der Waals surface area contributed by atoms with Crippen LogP contribution in [0.4, 0.5) is 0 Å². The monoisotopic (exact) mass is 822 g/mol. The number of aliphatic hydroxyl groups excluding tert-OH is 2. The highest BCUT2D eigenvalue weighted by Gasteiger charge is 2.40. The van der Waals surface area contributed by atoms with Crippen molar-refractivity contribution >= 4 is 65.7 Å². The molecule has 0 saturated carbocycles. The summed E-state index contributed by atoms with van der Waals surface area (Å²) in [5.41, 5.74) is 8.18. The van der Waals surface area contributed by atoms with Crippen molar-refractivity contribution in [3.8, 4) is 0 Å². The Morgan fingerprint density at radius 2 is 0.946 bits per heavy atom. The number of nitrogens with zero attached hydrogens (tertiary/aromatic N) is 1. The van der Waals surface area contributed by atoms with E-state index in [1.54, 1.807) is 6.20 Å². The standard InChI is InChI=1S/C6H9N3O2.C6H8O7.C5H9NO4.C4H6O6.C4H6O4.C2H4O2/c7-5(6(10)11)1-4-2-8-3-9-4;7-3(8)1-6(13,5(11)12)2-4(9)10;6-3(5(9)10)1-2-4(7)8;5-1(3(7)8)2(6)4(9)10;5-3(6)1-2-4(7)8;1-2(3)4/h2-3,5H,1,7H2,(H,8,9)(H,10,11);13H,1-2H2,(H,7,8)(H,9,10)(H,11,12);3H,1-2,6H2,(H,7,8)(H,9,10);1-2,5-6H,(H,7,8)(H,9,10);1-2H2,(H,5,6)(H,7,8);1H3,(H,3,4)/t5-;;3-;;;/m0.0.../s1. The summed E-state index contributed by atoms with van der Waals surface area (Å²) in [6.07, 6.45) is -4.26. The van der Waals surface area contributed by atoms with Gasteiger partial charge in [-0.1, -0.05) is 0 Å².